The Hall–Kier alpha value is -0.390. The van der Waals surface area contributed by atoms with Gasteiger partial charge in [0.1, 0.15) is 0 Å². The van der Waals surface area contributed by atoms with E-state index >= 15 is 0 Å². The lowest BCUT2D eigenvalue weighted by Gasteiger charge is -2.21. The van der Waals surface area contributed by atoms with Gasteiger partial charge in [-0.1, -0.05) is 5.87 Å². The fraction of sp³-hybridized carbons (Fsp3) is 0. The molecule has 0 spiro atoms. The van der Waals surface area contributed by atoms with Crippen LogP contribution in [0.5, 0.6) is 0 Å². The molecule has 4 radical (unpaired) electrons. The van der Waals surface area contributed by atoms with E-state index in [1.165, 1.54) is 0 Å². The van der Waals surface area contributed by atoms with Crippen molar-refractivity contribution in [2.75, 3.05) is 0 Å². The van der Waals surface area contributed by atoms with Crippen LogP contribution in [0.15, 0.2) is 0 Å². The number of hydrogen-bond acceptors (Lipinski definition) is 6. The second-order valence-corrected chi connectivity index (χ2v) is 2.61. The van der Waals surface area contributed by atoms with Gasteiger partial charge in [0.2, 0.25) is 0 Å². The van der Waals surface area contributed by atoms with Crippen molar-refractivity contribution < 1.29 is 0 Å². The third kappa shape index (κ3) is 2.79. The molecule has 0 aliphatic carbocycles. The maximum Gasteiger partial charge on any atom is 0.568 e. The summed E-state index contributed by atoms with van der Waals surface area (Å²) in [6.45, 7) is 0.0114. The van der Waals surface area contributed by atoms with E-state index in [9.17, 15) is 0 Å². The van der Waals surface area contributed by atoms with E-state index in [4.69, 9.17) is 0 Å². The Morgan fingerprint density at radius 3 is 2.23 bits per heavy atom. The average Bonchev–Trinajstić information content (AvgIpc) is 2.21. The van der Waals surface area contributed by atoms with Gasteiger partial charge in [0.25, 0.3) is 30.2 Å². The molecule has 2 fully saturated rings. The third-order valence-electron chi connectivity index (χ3n) is 1.67. The molecule has 0 unspecified atom stereocenters. The summed E-state index contributed by atoms with van der Waals surface area (Å²) in [6.07, 6.45) is 0. The van der Waals surface area contributed by atoms with Crippen LogP contribution < -0.4 is 30.8 Å². The molecule has 2 heterocycles. The summed E-state index contributed by atoms with van der Waals surface area (Å²) >= 11 is 0. The second-order valence-electron chi connectivity index (χ2n) is 2.61. The molecule has 58 valence electrons. The normalized spacial score (nSPS) is 20.6. The summed E-state index contributed by atoms with van der Waals surface area (Å²) in [4.78, 5) is 0. The smallest absolute Gasteiger partial charge is 0.568 e. The van der Waals surface area contributed by atoms with Gasteiger partial charge in [-0.05, 0) is 0 Å². The first-order valence-corrected chi connectivity index (χ1v) is 4.04. The zero-order valence-electron chi connectivity index (χ0n) is 6.96. The highest BCUT2D eigenvalue weighted by atomic mass is 15.0. The van der Waals surface area contributed by atoms with Gasteiger partial charge >= 0.3 is 13.6 Å². The van der Waals surface area contributed by atoms with E-state index in [0.29, 0.717) is 0 Å². The summed E-state index contributed by atoms with van der Waals surface area (Å²) in [5.74, 6) is 3.21. The van der Waals surface area contributed by atoms with Crippen LogP contribution in [0.1, 0.15) is 0 Å². The summed E-state index contributed by atoms with van der Waals surface area (Å²) in [5.41, 5.74) is 0. The van der Waals surface area contributed by atoms with Crippen LogP contribution in [0.4, 0.5) is 0 Å². The molecule has 0 bridgehead atoms. The molecule has 6 nitrogen and oxygen atoms in total. The highest BCUT2D eigenvalue weighted by Crippen LogP contribution is 1.68. The van der Waals surface area contributed by atoms with Gasteiger partial charge in [0.15, 0.2) is 0 Å². The molecule has 0 aromatic rings. The lowest BCUT2D eigenvalue weighted by molar-refractivity contribution is 1.26. The molecule has 13 heavy (non-hydrogen) atoms. The van der Waals surface area contributed by atoms with Crippen molar-refractivity contribution >= 4 is 49.7 Å². The molecule has 0 atom stereocenters. The van der Waals surface area contributed by atoms with Crippen molar-refractivity contribution in [3.63, 3.8) is 0 Å². The van der Waals surface area contributed by atoms with Crippen molar-refractivity contribution in [2.45, 2.75) is 0 Å². The lowest BCUT2D eigenvalue weighted by Crippen LogP contribution is -2.68. The molecule has 2 saturated heterocycles. The number of nitrogens with one attached hydrogen (secondary N) is 6. The van der Waals surface area contributed by atoms with E-state index in [-0.39, 0.29) is 13.6 Å². The molecule has 2 aliphatic rings. The second kappa shape index (κ2) is 4.74. The fourth-order valence-electron chi connectivity index (χ4n) is 1.06. The first-order chi connectivity index (χ1) is 6.45. The molecule has 2 aliphatic heterocycles. The van der Waals surface area contributed by atoms with E-state index in [0.717, 1.165) is 0 Å². The maximum absolute atomic E-state index is 3.21. The van der Waals surface area contributed by atoms with Crippen molar-refractivity contribution in [1.29, 1.82) is 0 Å². The van der Waals surface area contributed by atoms with Gasteiger partial charge < -0.3 is 30.8 Å². The first-order valence-electron chi connectivity index (χ1n) is 4.04. The largest absolute Gasteiger partial charge is 0.575 e. The summed E-state index contributed by atoms with van der Waals surface area (Å²) in [5, 5.41) is 17.9. The zero-order valence-corrected chi connectivity index (χ0v) is 6.96. The standard InChI is InChI=1S/CH6B6N6/c1(6-10-2-8-3-11-6)7-12-4-9-5-13-7/h8-13H. The zero-order chi connectivity index (χ0) is 8.93. The molecule has 0 aromatic heterocycles. The Labute approximate surface area is 81.2 Å². The highest BCUT2D eigenvalue weighted by molar-refractivity contribution is 7.04. The van der Waals surface area contributed by atoms with E-state index in [2.05, 4.69) is 36.7 Å². The van der Waals surface area contributed by atoms with Crippen molar-refractivity contribution in [1.82, 2.24) is 30.8 Å². The minimum absolute atomic E-state index is 0.00569. The Balaban J connectivity index is 1.85. The van der Waals surface area contributed by atoms with Gasteiger partial charge in [-0.25, -0.2) is 0 Å². The van der Waals surface area contributed by atoms with Crippen LogP contribution >= 0.6 is 0 Å². The predicted molar refractivity (Wildman–Crippen MR) is 58.3 cm³/mol. The third-order valence-corrected chi connectivity index (χ3v) is 1.67. The topological polar surface area (TPSA) is 72.2 Å². The average molecular weight is 167 g/mol. The molecule has 2 rings (SSSR count). The number of rotatable bonds is 1. The van der Waals surface area contributed by atoms with E-state index in [1.54, 1.807) is 30.2 Å². The van der Waals surface area contributed by atoms with Crippen molar-refractivity contribution in [2.24, 2.45) is 0 Å². The van der Waals surface area contributed by atoms with Crippen LogP contribution in [0.25, 0.3) is 0 Å². The van der Waals surface area contributed by atoms with Gasteiger partial charge in [-0.3, -0.25) is 0 Å². The summed E-state index contributed by atoms with van der Waals surface area (Å²) in [7, 11) is 7.01. The highest BCUT2D eigenvalue weighted by Gasteiger charge is 2.27. The molecule has 12 heteroatoms. The van der Waals surface area contributed by atoms with Crippen LogP contribution in [-0.2, 0) is 0 Å². The quantitative estimate of drug-likeness (QED) is 0.173. The molecule has 0 aromatic carbocycles. The minimum Gasteiger partial charge on any atom is -0.575 e. The molecule has 0 amide bonds. The Morgan fingerprint density at radius 2 is 1.54 bits per heavy atom. The minimum atomic E-state index is 0.00569. The van der Waals surface area contributed by atoms with Gasteiger partial charge in [-0.2, -0.15) is 0 Å². The van der Waals surface area contributed by atoms with Crippen molar-refractivity contribution in [3.8, 4) is 0 Å². The first kappa shape index (κ1) is 9.18. The van der Waals surface area contributed by atoms with Crippen LogP contribution in [0, 0.1) is 0 Å². The van der Waals surface area contributed by atoms with Gasteiger partial charge in [0.05, 0.1) is 0 Å². The maximum atomic E-state index is 3.21. The monoisotopic (exact) mass is 168 g/mol. The van der Waals surface area contributed by atoms with Gasteiger partial charge in [-0.15, -0.1) is 0 Å². The van der Waals surface area contributed by atoms with E-state index < -0.39 is 0 Å². The van der Waals surface area contributed by atoms with Crippen LogP contribution in [0.3, 0.4) is 0 Å². The summed E-state index contributed by atoms with van der Waals surface area (Å²) < 4.78 is 0. The van der Waals surface area contributed by atoms with E-state index in [1.807, 2.05) is 0 Å². The Morgan fingerprint density at radius 1 is 0.923 bits per heavy atom. The van der Waals surface area contributed by atoms with Crippen LogP contribution in [-0.4, -0.2) is 49.7 Å². The van der Waals surface area contributed by atoms with Gasteiger partial charge in [0, 0.05) is 0 Å². The molecule has 6 N–H and O–H groups in total. The Kier molecular flexibility index (Phi) is 3.34. The summed E-state index contributed by atoms with van der Waals surface area (Å²) in [6, 6.07) is 0. The number of hydrogen-bond donors (Lipinski definition) is 6. The Bertz CT molecular complexity index is 182. The lowest BCUT2D eigenvalue weighted by atomic mass is 9.57. The molecular weight excluding hydrogens is 161 g/mol. The predicted octanol–water partition coefficient (Wildman–Crippen LogP) is -5.54. The van der Waals surface area contributed by atoms with Crippen LogP contribution in [0.2, 0.25) is 0 Å². The van der Waals surface area contributed by atoms with Crippen molar-refractivity contribution in [3.05, 3.63) is 0 Å². The molecular formula is CH6B6N6. The molecule has 0 saturated carbocycles. The fourth-order valence-corrected chi connectivity index (χ4v) is 1.06. The SMILES string of the molecule is [B]1N[B]NB([C+]=[B-]2N[B]N[B]N2)N1.